The molecule has 0 bridgehead atoms. The lowest BCUT2D eigenvalue weighted by Crippen LogP contribution is -2.19. The van der Waals surface area contributed by atoms with Crippen LogP contribution in [0, 0.1) is 5.92 Å². The molecule has 0 spiro atoms. The molecule has 1 saturated carbocycles. The average molecular weight is 374 g/mol. The Hall–Kier alpha value is -2.72. The van der Waals surface area contributed by atoms with E-state index in [1.165, 1.54) is 32.1 Å². The summed E-state index contributed by atoms with van der Waals surface area (Å²) in [5, 5.41) is 4.41. The monoisotopic (exact) mass is 373 g/mol. The van der Waals surface area contributed by atoms with Crippen molar-refractivity contribution in [1.82, 2.24) is 14.8 Å². The average Bonchev–Trinajstić information content (AvgIpc) is 3.30. The van der Waals surface area contributed by atoms with Gasteiger partial charge in [-0.3, -0.25) is 0 Å². The molecule has 0 N–H and O–H groups in total. The largest absolute Gasteiger partial charge is 0.367 e. The smallest absolute Gasteiger partial charge is 0.138 e. The molecule has 4 rings (SSSR count). The molecule has 1 unspecified atom stereocenters. The number of rotatable bonds is 7. The van der Waals surface area contributed by atoms with E-state index in [1.54, 1.807) is 12.7 Å². The van der Waals surface area contributed by atoms with Crippen LogP contribution in [0.25, 0.3) is 11.8 Å². The minimum atomic E-state index is -0.190. The van der Waals surface area contributed by atoms with Gasteiger partial charge in [-0.1, -0.05) is 79.9 Å². The van der Waals surface area contributed by atoms with E-state index in [1.807, 2.05) is 28.9 Å². The van der Waals surface area contributed by atoms with Gasteiger partial charge in [0.05, 0.1) is 12.3 Å². The molecule has 4 heteroatoms. The summed E-state index contributed by atoms with van der Waals surface area (Å²) >= 11 is 0. The Balaban J connectivity index is 1.67. The summed E-state index contributed by atoms with van der Waals surface area (Å²) in [5.74, 6) is 0.647. The molecule has 1 fully saturated rings. The molecule has 144 valence electrons. The molecule has 1 heterocycles. The van der Waals surface area contributed by atoms with Crippen LogP contribution in [0.3, 0.4) is 0 Å². The van der Waals surface area contributed by atoms with Crippen molar-refractivity contribution in [1.29, 1.82) is 0 Å². The number of benzene rings is 2. The third-order valence-electron chi connectivity index (χ3n) is 5.39. The molecule has 1 aliphatic rings. The van der Waals surface area contributed by atoms with E-state index in [0.717, 1.165) is 23.4 Å². The summed E-state index contributed by atoms with van der Waals surface area (Å²) in [7, 11) is 0. The molecular weight excluding hydrogens is 346 g/mol. The van der Waals surface area contributed by atoms with Crippen molar-refractivity contribution >= 4 is 11.8 Å². The normalized spacial score (nSPS) is 16.8. The zero-order valence-corrected chi connectivity index (χ0v) is 16.2. The fraction of sp³-hybridized carbons (Fsp3) is 0.333. The molecule has 0 amide bonds. The topological polar surface area (TPSA) is 39.9 Å². The van der Waals surface area contributed by atoms with Crippen LogP contribution in [0.4, 0.5) is 0 Å². The Morgan fingerprint density at radius 1 is 1.00 bits per heavy atom. The highest BCUT2D eigenvalue weighted by molar-refractivity contribution is 5.73. The van der Waals surface area contributed by atoms with Gasteiger partial charge in [-0.25, -0.2) is 9.67 Å². The standard InChI is InChI=1S/C24H27N3O/c1-4-10-20(11-5-1)16-23(27-19-25-18-26-27)24(22-14-8-3-9-15-22)28-17-21-12-6-2-7-13-21/h1,3-5,8-11,14-16,18-19,21,24H,2,6-7,12-13,17H2. The summed E-state index contributed by atoms with van der Waals surface area (Å²) < 4.78 is 8.39. The molecular formula is C24H27N3O. The van der Waals surface area contributed by atoms with E-state index >= 15 is 0 Å². The lowest BCUT2D eigenvalue weighted by atomic mass is 9.90. The first kappa shape index (κ1) is 18.6. The second-order valence-electron chi connectivity index (χ2n) is 7.45. The molecule has 0 saturated heterocycles. The fourth-order valence-electron chi connectivity index (χ4n) is 3.89. The predicted octanol–water partition coefficient (Wildman–Crippen LogP) is 5.61. The Morgan fingerprint density at radius 3 is 2.39 bits per heavy atom. The first-order valence-corrected chi connectivity index (χ1v) is 10.2. The summed E-state index contributed by atoms with van der Waals surface area (Å²) in [6.07, 6.45) is 11.8. The second kappa shape index (κ2) is 9.47. The van der Waals surface area contributed by atoms with Crippen LogP contribution in [-0.4, -0.2) is 21.4 Å². The Labute approximate surface area is 166 Å². The van der Waals surface area contributed by atoms with E-state index in [9.17, 15) is 0 Å². The minimum Gasteiger partial charge on any atom is -0.367 e. The lowest BCUT2D eigenvalue weighted by Gasteiger charge is -2.26. The third-order valence-corrected chi connectivity index (χ3v) is 5.39. The number of nitrogens with zero attached hydrogens (tertiary/aromatic N) is 3. The van der Waals surface area contributed by atoms with Gasteiger partial charge in [0.15, 0.2) is 0 Å². The van der Waals surface area contributed by atoms with Crippen LogP contribution in [0.5, 0.6) is 0 Å². The van der Waals surface area contributed by atoms with Gasteiger partial charge >= 0.3 is 0 Å². The molecule has 1 aromatic heterocycles. The van der Waals surface area contributed by atoms with Gasteiger partial charge < -0.3 is 4.74 Å². The Bertz CT molecular complexity index is 853. The second-order valence-corrected chi connectivity index (χ2v) is 7.45. The van der Waals surface area contributed by atoms with Gasteiger partial charge in [-0.05, 0) is 36.0 Å². The summed E-state index contributed by atoms with van der Waals surface area (Å²) in [6.45, 7) is 0.778. The van der Waals surface area contributed by atoms with Gasteiger partial charge in [0, 0.05) is 0 Å². The van der Waals surface area contributed by atoms with Crippen molar-refractivity contribution < 1.29 is 4.74 Å². The molecule has 3 aromatic rings. The number of hydrogen-bond acceptors (Lipinski definition) is 3. The first-order valence-electron chi connectivity index (χ1n) is 10.2. The summed E-state index contributed by atoms with van der Waals surface area (Å²) in [5.41, 5.74) is 3.23. The van der Waals surface area contributed by atoms with Gasteiger partial charge in [0.2, 0.25) is 0 Å². The molecule has 28 heavy (non-hydrogen) atoms. The van der Waals surface area contributed by atoms with Crippen molar-refractivity contribution in [2.24, 2.45) is 5.92 Å². The Morgan fingerprint density at radius 2 is 1.71 bits per heavy atom. The lowest BCUT2D eigenvalue weighted by molar-refractivity contribution is 0.0485. The minimum absolute atomic E-state index is 0.190. The van der Waals surface area contributed by atoms with E-state index in [-0.39, 0.29) is 6.10 Å². The molecule has 0 aliphatic heterocycles. The van der Waals surface area contributed by atoms with Gasteiger partial charge in [0.25, 0.3) is 0 Å². The van der Waals surface area contributed by atoms with Crippen molar-refractivity contribution in [2.75, 3.05) is 6.61 Å². The molecule has 2 aromatic carbocycles. The van der Waals surface area contributed by atoms with E-state index in [0.29, 0.717) is 5.92 Å². The number of aromatic nitrogens is 3. The highest BCUT2D eigenvalue weighted by Gasteiger charge is 2.23. The molecule has 1 atom stereocenters. The highest BCUT2D eigenvalue weighted by Crippen LogP contribution is 2.33. The fourth-order valence-corrected chi connectivity index (χ4v) is 3.89. The van der Waals surface area contributed by atoms with Crippen LogP contribution in [0.15, 0.2) is 73.3 Å². The van der Waals surface area contributed by atoms with Crippen LogP contribution < -0.4 is 0 Å². The van der Waals surface area contributed by atoms with Crippen molar-refractivity contribution in [3.05, 3.63) is 84.4 Å². The van der Waals surface area contributed by atoms with Crippen LogP contribution in [-0.2, 0) is 4.74 Å². The van der Waals surface area contributed by atoms with E-state index < -0.39 is 0 Å². The quantitative estimate of drug-likeness (QED) is 0.540. The predicted molar refractivity (Wildman–Crippen MR) is 112 cm³/mol. The van der Waals surface area contributed by atoms with Crippen molar-refractivity contribution in [3.8, 4) is 0 Å². The molecule has 0 radical (unpaired) electrons. The van der Waals surface area contributed by atoms with Crippen molar-refractivity contribution in [3.63, 3.8) is 0 Å². The van der Waals surface area contributed by atoms with E-state index in [4.69, 9.17) is 4.74 Å². The molecule has 4 nitrogen and oxygen atoms in total. The van der Waals surface area contributed by atoms with Crippen molar-refractivity contribution in [2.45, 2.75) is 38.2 Å². The van der Waals surface area contributed by atoms with Crippen LogP contribution in [0.1, 0.15) is 49.3 Å². The maximum atomic E-state index is 6.57. The first-order chi connectivity index (χ1) is 13.9. The molecule has 1 aliphatic carbocycles. The summed E-state index contributed by atoms with van der Waals surface area (Å²) in [4.78, 5) is 4.17. The maximum absolute atomic E-state index is 6.57. The van der Waals surface area contributed by atoms with Crippen LogP contribution in [0.2, 0.25) is 0 Å². The van der Waals surface area contributed by atoms with E-state index in [2.05, 4.69) is 52.6 Å². The van der Waals surface area contributed by atoms with Gasteiger partial charge in [-0.2, -0.15) is 5.10 Å². The zero-order valence-electron chi connectivity index (χ0n) is 16.2. The summed E-state index contributed by atoms with van der Waals surface area (Å²) in [6, 6.07) is 20.7. The Kier molecular flexibility index (Phi) is 6.30. The van der Waals surface area contributed by atoms with Gasteiger partial charge in [-0.15, -0.1) is 0 Å². The SMILES string of the molecule is C(=C(C(OCC1CCCCC1)c1ccccc1)n1cncn1)c1ccccc1. The van der Waals surface area contributed by atoms with Gasteiger partial charge in [0.1, 0.15) is 18.8 Å². The number of hydrogen-bond donors (Lipinski definition) is 0. The zero-order chi connectivity index (χ0) is 19.0. The number of ether oxygens (including phenoxy) is 1. The highest BCUT2D eigenvalue weighted by atomic mass is 16.5. The maximum Gasteiger partial charge on any atom is 0.138 e. The third kappa shape index (κ3) is 4.76. The van der Waals surface area contributed by atoms with Crippen LogP contribution >= 0.6 is 0 Å².